The molecule has 0 saturated carbocycles. The topological polar surface area (TPSA) is 44.9 Å². The lowest BCUT2D eigenvalue weighted by atomic mass is 10.00. The molecule has 5 rings (SSSR count). The van der Waals surface area contributed by atoms with Crippen molar-refractivity contribution < 1.29 is 0 Å². The van der Waals surface area contributed by atoms with Gasteiger partial charge in [-0.2, -0.15) is 5.26 Å². The van der Waals surface area contributed by atoms with Crippen LogP contribution in [0.4, 0.5) is 0 Å². The number of piperidine rings is 1. The lowest BCUT2D eigenvalue weighted by molar-refractivity contribution is 0.152. The van der Waals surface area contributed by atoms with E-state index in [1.807, 2.05) is 24.3 Å². The number of nitrogens with zero attached hydrogens (tertiary/aromatic N) is 4. The molecule has 0 radical (unpaired) electrons. The van der Waals surface area contributed by atoms with E-state index in [0.29, 0.717) is 11.6 Å². The predicted octanol–water partition coefficient (Wildman–Crippen LogP) is 3.99. The van der Waals surface area contributed by atoms with E-state index >= 15 is 0 Å². The lowest BCUT2D eigenvalue weighted by Crippen LogP contribution is -2.40. The number of benzene rings is 2. The monoisotopic (exact) mass is 342 g/mol. The van der Waals surface area contributed by atoms with Crippen molar-refractivity contribution in [2.45, 2.75) is 38.3 Å². The fourth-order valence-corrected chi connectivity index (χ4v) is 4.53. The van der Waals surface area contributed by atoms with Gasteiger partial charge in [0.15, 0.2) is 0 Å². The largest absolute Gasteiger partial charge is 0.327 e. The summed E-state index contributed by atoms with van der Waals surface area (Å²) in [7, 11) is 0. The third-order valence-electron chi connectivity index (χ3n) is 5.95. The van der Waals surface area contributed by atoms with Crippen molar-refractivity contribution in [3.05, 3.63) is 53.9 Å². The highest BCUT2D eigenvalue weighted by Crippen LogP contribution is 2.29. The molecular formula is C22H22N4. The maximum absolute atomic E-state index is 8.97. The summed E-state index contributed by atoms with van der Waals surface area (Å²) in [4.78, 5) is 7.67. The van der Waals surface area contributed by atoms with E-state index in [-0.39, 0.29) is 0 Å². The zero-order valence-electron chi connectivity index (χ0n) is 14.9. The number of hydrogen-bond donors (Lipinski definition) is 0. The van der Waals surface area contributed by atoms with Crippen molar-refractivity contribution in [2.24, 2.45) is 0 Å². The van der Waals surface area contributed by atoms with Gasteiger partial charge in [0, 0.05) is 25.6 Å². The normalized spacial score (nSPS) is 20.2. The summed E-state index contributed by atoms with van der Waals surface area (Å²) in [6, 6.07) is 17.2. The first kappa shape index (κ1) is 15.6. The van der Waals surface area contributed by atoms with Crippen LogP contribution in [0.3, 0.4) is 0 Å². The number of aromatic nitrogens is 2. The zero-order valence-corrected chi connectivity index (χ0v) is 14.9. The number of hydrogen-bond acceptors (Lipinski definition) is 3. The molecule has 4 heteroatoms. The molecule has 130 valence electrons. The van der Waals surface area contributed by atoms with Gasteiger partial charge < -0.3 is 4.57 Å². The van der Waals surface area contributed by atoms with Crippen LogP contribution in [0.5, 0.6) is 0 Å². The number of fused-ring (bicyclic) bond motifs is 4. The van der Waals surface area contributed by atoms with Crippen LogP contribution >= 0.6 is 0 Å². The van der Waals surface area contributed by atoms with Crippen LogP contribution < -0.4 is 0 Å². The summed E-state index contributed by atoms with van der Waals surface area (Å²) in [5.41, 5.74) is 5.33. The first-order valence-corrected chi connectivity index (χ1v) is 9.55. The summed E-state index contributed by atoms with van der Waals surface area (Å²) in [6.45, 7) is 3.43. The van der Waals surface area contributed by atoms with Crippen LogP contribution in [0.1, 0.15) is 30.7 Å². The average molecular weight is 342 g/mol. The smallest absolute Gasteiger partial charge is 0.111 e. The van der Waals surface area contributed by atoms with Gasteiger partial charge in [0.1, 0.15) is 5.82 Å². The zero-order chi connectivity index (χ0) is 17.5. The molecule has 2 aliphatic rings. The third-order valence-corrected chi connectivity index (χ3v) is 5.95. The maximum Gasteiger partial charge on any atom is 0.111 e. The number of imidazole rings is 1. The summed E-state index contributed by atoms with van der Waals surface area (Å²) in [5, 5.41) is 8.97. The molecule has 3 aromatic rings. The Morgan fingerprint density at radius 1 is 0.962 bits per heavy atom. The molecule has 3 heterocycles. The van der Waals surface area contributed by atoms with E-state index in [2.05, 4.69) is 33.7 Å². The van der Waals surface area contributed by atoms with Gasteiger partial charge in [-0.3, -0.25) is 4.90 Å². The highest BCUT2D eigenvalue weighted by atomic mass is 15.2. The second-order valence-corrected chi connectivity index (χ2v) is 7.46. The molecule has 26 heavy (non-hydrogen) atoms. The van der Waals surface area contributed by atoms with Crippen LogP contribution in [0.2, 0.25) is 0 Å². The van der Waals surface area contributed by atoms with Gasteiger partial charge >= 0.3 is 0 Å². The number of rotatable bonds is 1. The van der Waals surface area contributed by atoms with Crippen LogP contribution in [-0.4, -0.2) is 33.6 Å². The molecule has 4 nitrogen and oxygen atoms in total. The molecule has 2 aromatic carbocycles. The Hall–Kier alpha value is -2.64. The SMILES string of the molecule is N#Cc1ccc(-c2ccc3c(c2)nc2n3CCN3CCCC[C@H]3C2)cc1. The molecule has 1 aromatic heterocycles. The lowest BCUT2D eigenvalue weighted by Gasteiger charge is -2.33. The number of nitriles is 1. The predicted molar refractivity (Wildman–Crippen MR) is 103 cm³/mol. The molecule has 0 amide bonds. The van der Waals surface area contributed by atoms with Crippen molar-refractivity contribution in [3.8, 4) is 17.2 Å². The standard InChI is InChI=1S/C22H22N4/c23-15-16-4-6-17(7-5-16)18-8-9-21-20(13-18)24-22-14-19-3-1-2-10-25(19)11-12-26(21)22/h4-9,13,19H,1-3,10-12,14H2/t19-/m0/s1. The van der Waals surface area contributed by atoms with E-state index in [9.17, 15) is 0 Å². The molecule has 1 saturated heterocycles. The molecule has 0 bridgehead atoms. The molecule has 1 fully saturated rings. The van der Waals surface area contributed by atoms with Crippen molar-refractivity contribution in [2.75, 3.05) is 13.1 Å². The fraction of sp³-hybridized carbons (Fsp3) is 0.364. The second kappa shape index (κ2) is 6.26. The Bertz CT molecular complexity index is 993. The summed E-state index contributed by atoms with van der Waals surface area (Å²) in [6.07, 6.45) is 5.07. The van der Waals surface area contributed by atoms with Gasteiger partial charge in [-0.15, -0.1) is 0 Å². The Morgan fingerprint density at radius 3 is 2.65 bits per heavy atom. The Labute approximate surface area is 153 Å². The molecule has 2 aliphatic heterocycles. The Morgan fingerprint density at radius 2 is 1.81 bits per heavy atom. The first-order chi connectivity index (χ1) is 12.8. The van der Waals surface area contributed by atoms with Crippen molar-refractivity contribution in [3.63, 3.8) is 0 Å². The van der Waals surface area contributed by atoms with Crippen molar-refractivity contribution >= 4 is 11.0 Å². The Kier molecular flexibility index (Phi) is 3.76. The summed E-state index contributed by atoms with van der Waals surface area (Å²) >= 11 is 0. The molecule has 0 N–H and O–H groups in total. The van der Waals surface area contributed by atoms with E-state index in [1.54, 1.807) is 0 Å². The van der Waals surface area contributed by atoms with Gasteiger partial charge in [-0.05, 0) is 54.8 Å². The van der Waals surface area contributed by atoms with Crippen LogP contribution in [0.25, 0.3) is 22.2 Å². The molecule has 1 atom stereocenters. The minimum absolute atomic E-state index is 0.666. The van der Waals surface area contributed by atoms with Gasteiger partial charge in [0.05, 0.1) is 22.7 Å². The first-order valence-electron chi connectivity index (χ1n) is 9.55. The highest BCUT2D eigenvalue weighted by Gasteiger charge is 2.27. The van der Waals surface area contributed by atoms with Crippen LogP contribution in [-0.2, 0) is 13.0 Å². The van der Waals surface area contributed by atoms with Crippen LogP contribution in [0.15, 0.2) is 42.5 Å². The summed E-state index contributed by atoms with van der Waals surface area (Å²) in [5.74, 6) is 1.24. The Balaban J connectivity index is 1.52. The van der Waals surface area contributed by atoms with E-state index in [1.165, 1.54) is 37.1 Å². The van der Waals surface area contributed by atoms with Gasteiger partial charge in [-0.1, -0.05) is 24.6 Å². The summed E-state index contributed by atoms with van der Waals surface area (Å²) < 4.78 is 2.43. The van der Waals surface area contributed by atoms with E-state index < -0.39 is 0 Å². The molecular weight excluding hydrogens is 320 g/mol. The average Bonchev–Trinajstić information content (AvgIpc) is 2.92. The van der Waals surface area contributed by atoms with Gasteiger partial charge in [0.2, 0.25) is 0 Å². The van der Waals surface area contributed by atoms with Crippen LogP contribution in [0, 0.1) is 11.3 Å². The second-order valence-electron chi connectivity index (χ2n) is 7.46. The van der Waals surface area contributed by atoms with Crippen molar-refractivity contribution in [1.29, 1.82) is 5.26 Å². The molecule has 0 unspecified atom stereocenters. The van der Waals surface area contributed by atoms with E-state index in [4.69, 9.17) is 10.2 Å². The van der Waals surface area contributed by atoms with Gasteiger partial charge in [-0.25, -0.2) is 4.98 Å². The molecule has 0 spiro atoms. The van der Waals surface area contributed by atoms with Crippen molar-refractivity contribution in [1.82, 2.24) is 14.5 Å². The highest BCUT2D eigenvalue weighted by molar-refractivity contribution is 5.82. The third kappa shape index (κ3) is 2.60. The minimum atomic E-state index is 0.666. The maximum atomic E-state index is 8.97. The fourth-order valence-electron chi connectivity index (χ4n) is 4.53. The quantitative estimate of drug-likeness (QED) is 0.672. The minimum Gasteiger partial charge on any atom is -0.327 e. The van der Waals surface area contributed by atoms with E-state index in [0.717, 1.165) is 36.2 Å². The van der Waals surface area contributed by atoms with Gasteiger partial charge in [0.25, 0.3) is 0 Å². The molecule has 0 aliphatic carbocycles.